The average molecular weight is 284 g/mol. The monoisotopic (exact) mass is 284 g/mol. The summed E-state index contributed by atoms with van der Waals surface area (Å²) in [5.41, 5.74) is -0.499. The van der Waals surface area contributed by atoms with Crippen LogP contribution in [0.4, 0.5) is 4.79 Å². The van der Waals surface area contributed by atoms with E-state index in [-0.39, 0.29) is 30.6 Å². The second kappa shape index (κ2) is 5.60. The summed E-state index contributed by atoms with van der Waals surface area (Å²) in [4.78, 5) is 27.4. The van der Waals surface area contributed by atoms with Gasteiger partial charge >= 0.3 is 6.09 Å². The Morgan fingerprint density at radius 1 is 1.40 bits per heavy atom. The number of rotatable bonds is 2. The van der Waals surface area contributed by atoms with Crippen molar-refractivity contribution in [2.24, 2.45) is 5.92 Å². The SMILES string of the molecule is CC(C)(C)OC(=O)N1CCC(N2CC(CO)CC2=O)C1. The van der Waals surface area contributed by atoms with E-state index < -0.39 is 5.60 Å². The van der Waals surface area contributed by atoms with E-state index >= 15 is 0 Å². The highest BCUT2D eigenvalue weighted by Gasteiger charge is 2.39. The average Bonchev–Trinajstić information content (AvgIpc) is 2.92. The van der Waals surface area contributed by atoms with Gasteiger partial charge in [0.05, 0.1) is 6.04 Å². The normalized spacial score (nSPS) is 27.3. The van der Waals surface area contributed by atoms with Crippen LogP contribution >= 0.6 is 0 Å². The topological polar surface area (TPSA) is 70.1 Å². The van der Waals surface area contributed by atoms with Crippen molar-refractivity contribution >= 4 is 12.0 Å². The molecule has 0 aromatic heterocycles. The third-order valence-corrected chi connectivity index (χ3v) is 3.75. The van der Waals surface area contributed by atoms with E-state index in [9.17, 15) is 9.59 Å². The molecule has 2 fully saturated rings. The molecular formula is C14H24N2O4. The maximum atomic E-state index is 12.0. The van der Waals surface area contributed by atoms with Crippen molar-refractivity contribution in [2.75, 3.05) is 26.2 Å². The lowest BCUT2D eigenvalue weighted by Crippen LogP contribution is -2.41. The quantitative estimate of drug-likeness (QED) is 0.815. The summed E-state index contributed by atoms with van der Waals surface area (Å²) in [5, 5.41) is 9.15. The zero-order chi connectivity index (χ0) is 14.9. The van der Waals surface area contributed by atoms with Gasteiger partial charge in [-0.3, -0.25) is 4.79 Å². The number of carbonyl (C=O) groups is 2. The molecule has 2 rings (SSSR count). The van der Waals surface area contributed by atoms with E-state index in [0.29, 0.717) is 26.1 Å². The Hall–Kier alpha value is -1.30. The zero-order valence-corrected chi connectivity index (χ0v) is 12.5. The maximum Gasteiger partial charge on any atom is 0.410 e. The van der Waals surface area contributed by atoms with Gasteiger partial charge in [0.1, 0.15) is 5.60 Å². The van der Waals surface area contributed by atoms with E-state index in [4.69, 9.17) is 9.84 Å². The van der Waals surface area contributed by atoms with Gasteiger partial charge < -0.3 is 19.6 Å². The first kappa shape index (κ1) is 15.1. The molecule has 6 nitrogen and oxygen atoms in total. The van der Waals surface area contributed by atoms with Gasteiger partial charge in [0.2, 0.25) is 5.91 Å². The van der Waals surface area contributed by atoms with Crippen LogP contribution in [0.15, 0.2) is 0 Å². The van der Waals surface area contributed by atoms with Crippen LogP contribution < -0.4 is 0 Å². The standard InChI is InChI=1S/C14H24N2O4/c1-14(2,3)20-13(19)15-5-4-11(8-15)16-7-10(9-17)6-12(16)18/h10-11,17H,4-9H2,1-3H3. The van der Waals surface area contributed by atoms with Crippen molar-refractivity contribution in [3.8, 4) is 0 Å². The van der Waals surface area contributed by atoms with Crippen LogP contribution in [0.25, 0.3) is 0 Å². The second-order valence-electron chi connectivity index (χ2n) is 6.67. The number of aliphatic hydroxyl groups is 1. The van der Waals surface area contributed by atoms with Gasteiger partial charge in [-0.25, -0.2) is 4.79 Å². The van der Waals surface area contributed by atoms with E-state index in [1.807, 2.05) is 25.7 Å². The lowest BCUT2D eigenvalue weighted by Gasteiger charge is -2.26. The van der Waals surface area contributed by atoms with Crippen LogP contribution in [0.5, 0.6) is 0 Å². The number of aliphatic hydroxyl groups excluding tert-OH is 1. The highest BCUT2D eigenvalue weighted by molar-refractivity contribution is 5.79. The van der Waals surface area contributed by atoms with Gasteiger partial charge in [-0.15, -0.1) is 0 Å². The molecule has 6 heteroatoms. The van der Waals surface area contributed by atoms with Crippen molar-refractivity contribution in [1.29, 1.82) is 0 Å². The zero-order valence-electron chi connectivity index (χ0n) is 12.5. The first-order valence-corrected chi connectivity index (χ1v) is 7.18. The van der Waals surface area contributed by atoms with E-state index in [1.54, 1.807) is 4.90 Å². The Morgan fingerprint density at radius 2 is 2.10 bits per heavy atom. The minimum Gasteiger partial charge on any atom is -0.444 e. The molecule has 2 aliphatic heterocycles. The van der Waals surface area contributed by atoms with Crippen LogP contribution in [-0.4, -0.2) is 64.8 Å². The number of nitrogens with zero attached hydrogens (tertiary/aromatic N) is 2. The summed E-state index contributed by atoms with van der Waals surface area (Å²) in [6.07, 6.45) is 0.883. The van der Waals surface area contributed by atoms with Crippen LogP contribution in [0.3, 0.4) is 0 Å². The molecule has 2 atom stereocenters. The van der Waals surface area contributed by atoms with Crippen molar-refractivity contribution in [3.05, 3.63) is 0 Å². The fraction of sp³-hybridized carbons (Fsp3) is 0.857. The van der Waals surface area contributed by atoms with Gasteiger partial charge in [-0.05, 0) is 27.2 Å². The molecule has 2 heterocycles. The van der Waals surface area contributed by atoms with Crippen LogP contribution in [0, 0.1) is 5.92 Å². The van der Waals surface area contributed by atoms with Gasteiger partial charge in [-0.2, -0.15) is 0 Å². The van der Waals surface area contributed by atoms with Gasteiger partial charge in [0.15, 0.2) is 0 Å². The molecule has 0 aromatic carbocycles. The molecule has 1 N–H and O–H groups in total. The molecule has 114 valence electrons. The van der Waals surface area contributed by atoms with E-state index in [2.05, 4.69) is 0 Å². The summed E-state index contributed by atoms with van der Waals surface area (Å²) in [5.74, 6) is 0.123. The Balaban J connectivity index is 1.89. The minimum atomic E-state index is -0.499. The molecule has 20 heavy (non-hydrogen) atoms. The molecule has 2 aliphatic rings. The van der Waals surface area contributed by atoms with Crippen molar-refractivity contribution in [2.45, 2.75) is 45.3 Å². The van der Waals surface area contributed by atoms with Gasteiger partial charge in [0, 0.05) is 38.6 Å². The number of carbonyl (C=O) groups excluding carboxylic acids is 2. The second-order valence-corrected chi connectivity index (χ2v) is 6.67. The molecule has 0 aromatic rings. The van der Waals surface area contributed by atoms with Crippen LogP contribution in [-0.2, 0) is 9.53 Å². The molecule has 0 bridgehead atoms. The van der Waals surface area contributed by atoms with Crippen LogP contribution in [0.2, 0.25) is 0 Å². The summed E-state index contributed by atoms with van der Waals surface area (Å²) in [7, 11) is 0. The third-order valence-electron chi connectivity index (χ3n) is 3.75. The molecular weight excluding hydrogens is 260 g/mol. The molecule has 2 unspecified atom stereocenters. The third kappa shape index (κ3) is 3.42. The Bertz CT molecular complexity index is 391. The largest absolute Gasteiger partial charge is 0.444 e. The summed E-state index contributed by atoms with van der Waals surface area (Å²) in [6.45, 7) is 7.32. The number of ether oxygens (including phenoxy) is 1. The van der Waals surface area contributed by atoms with Crippen molar-refractivity contribution in [3.63, 3.8) is 0 Å². The number of likely N-dealkylation sites (tertiary alicyclic amines) is 2. The Morgan fingerprint density at radius 3 is 2.65 bits per heavy atom. The number of hydrogen-bond donors (Lipinski definition) is 1. The molecule has 0 spiro atoms. The van der Waals surface area contributed by atoms with E-state index in [0.717, 1.165) is 6.42 Å². The van der Waals surface area contributed by atoms with Crippen LogP contribution in [0.1, 0.15) is 33.6 Å². The fourth-order valence-corrected chi connectivity index (χ4v) is 2.77. The predicted octanol–water partition coefficient (Wildman–Crippen LogP) is 0.837. The summed E-state index contributed by atoms with van der Waals surface area (Å²) >= 11 is 0. The van der Waals surface area contributed by atoms with Crippen molar-refractivity contribution in [1.82, 2.24) is 9.80 Å². The number of amides is 2. The first-order valence-electron chi connectivity index (χ1n) is 7.18. The highest BCUT2D eigenvalue weighted by Crippen LogP contribution is 2.25. The summed E-state index contributed by atoms with van der Waals surface area (Å²) in [6, 6.07) is 0.0616. The number of hydrogen-bond acceptors (Lipinski definition) is 4. The Kier molecular flexibility index (Phi) is 4.22. The molecule has 2 saturated heterocycles. The molecule has 0 radical (unpaired) electrons. The lowest BCUT2D eigenvalue weighted by atomic mass is 10.1. The first-order chi connectivity index (χ1) is 9.30. The fourth-order valence-electron chi connectivity index (χ4n) is 2.77. The maximum absolute atomic E-state index is 12.0. The predicted molar refractivity (Wildman–Crippen MR) is 73.1 cm³/mol. The molecule has 0 aliphatic carbocycles. The van der Waals surface area contributed by atoms with Gasteiger partial charge in [0.25, 0.3) is 0 Å². The summed E-state index contributed by atoms with van der Waals surface area (Å²) < 4.78 is 5.35. The van der Waals surface area contributed by atoms with Crippen molar-refractivity contribution < 1.29 is 19.4 Å². The molecule has 2 amide bonds. The van der Waals surface area contributed by atoms with E-state index in [1.165, 1.54) is 0 Å². The Labute approximate surface area is 119 Å². The minimum absolute atomic E-state index is 0.0399. The van der Waals surface area contributed by atoms with Gasteiger partial charge in [-0.1, -0.05) is 0 Å². The highest BCUT2D eigenvalue weighted by atomic mass is 16.6. The lowest BCUT2D eigenvalue weighted by molar-refractivity contribution is -0.129. The molecule has 0 saturated carbocycles. The smallest absolute Gasteiger partial charge is 0.410 e.